The molecule has 0 aliphatic heterocycles. The van der Waals surface area contributed by atoms with Crippen molar-refractivity contribution in [2.45, 2.75) is 59.2 Å². The normalized spacial score (nSPS) is 20.2. The molecule has 0 amide bonds. The average Bonchev–Trinajstić information content (AvgIpc) is 3.12. The Balaban J connectivity index is 1.73. The van der Waals surface area contributed by atoms with E-state index in [1.807, 2.05) is 32.3 Å². The number of carbonyl (C=O) groups is 1. The Morgan fingerprint density at radius 1 is 1.17 bits per heavy atom. The van der Waals surface area contributed by atoms with Gasteiger partial charge in [0, 0.05) is 19.8 Å². The van der Waals surface area contributed by atoms with Gasteiger partial charge in [0.1, 0.15) is 12.6 Å². The third-order valence-electron chi connectivity index (χ3n) is 7.46. The van der Waals surface area contributed by atoms with Crippen LogP contribution in [0.15, 0.2) is 61.2 Å². The van der Waals surface area contributed by atoms with Crippen LogP contribution in [-0.2, 0) is 22.6 Å². The highest BCUT2D eigenvalue weighted by atomic mass is 16.5. The van der Waals surface area contributed by atoms with Crippen LogP contribution in [0.4, 0.5) is 5.69 Å². The summed E-state index contributed by atoms with van der Waals surface area (Å²) < 4.78 is 10.6. The second-order valence-electron chi connectivity index (χ2n) is 10.6. The zero-order valence-electron chi connectivity index (χ0n) is 21.9. The fourth-order valence-corrected chi connectivity index (χ4v) is 5.57. The van der Waals surface area contributed by atoms with Crippen LogP contribution < -0.4 is 9.47 Å². The number of anilines is 1. The van der Waals surface area contributed by atoms with Crippen molar-refractivity contribution in [3.8, 4) is 11.4 Å². The number of nitrogens with zero attached hydrogens (tertiary/aromatic N) is 3. The van der Waals surface area contributed by atoms with E-state index in [0.717, 1.165) is 41.0 Å². The molecule has 5 heteroatoms. The topological polar surface area (TPSA) is 38.4 Å². The van der Waals surface area contributed by atoms with E-state index in [0.29, 0.717) is 24.3 Å². The summed E-state index contributed by atoms with van der Waals surface area (Å²) in [5, 5.41) is 0. The Morgan fingerprint density at radius 3 is 2.54 bits per heavy atom. The van der Waals surface area contributed by atoms with E-state index in [1.165, 1.54) is 6.42 Å². The summed E-state index contributed by atoms with van der Waals surface area (Å²) in [6.07, 6.45) is 5.20. The van der Waals surface area contributed by atoms with Crippen LogP contribution in [0, 0.1) is 17.8 Å². The van der Waals surface area contributed by atoms with Crippen molar-refractivity contribution in [1.82, 2.24) is 4.57 Å². The molecular weight excluding hydrogens is 434 g/mol. The molecule has 0 N–H and O–H groups in total. The van der Waals surface area contributed by atoms with Crippen molar-refractivity contribution in [2.75, 3.05) is 19.0 Å². The van der Waals surface area contributed by atoms with Crippen LogP contribution in [0.1, 0.15) is 40.0 Å². The number of hydrogen-bond acceptors (Lipinski definition) is 3. The molecule has 5 nitrogen and oxygen atoms in total. The number of benzene rings is 2. The second-order valence-corrected chi connectivity index (χ2v) is 10.6. The zero-order chi connectivity index (χ0) is 25.1. The maximum atomic E-state index is 13.4. The summed E-state index contributed by atoms with van der Waals surface area (Å²) in [5.74, 6) is 2.36. The summed E-state index contributed by atoms with van der Waals surface area (Å²) in [6.45, 7) is 11.6. The summed E-state index contributed by atoms with van der Waals surface area (Å²) in [7, 11) is 4.08. The Kier molecular flexibility index (Phi) is 7.63. The fourth-order valence-electron chi connectivity index (χ4n) is 5.57. The quantitative estimate of drug-likeness (QED) is 0.233. The van der Waals surface area contributed by atoms with Crippen molar-refractivity contribution in [2.24, 2.45) is 17.8 Å². The van der Waals surface area contributed by atoms with Crippen molar-refractivity contribution in [1.29, 1.82) is 0 Å². The summed E-state index contributed by atoms with van der Waals surface area (Å²) >= 11 is 0. The van der Waals surface area contributed by atoms with E-state index >= 15 is 0 Å². The monoisotopic (exact) mass is 474 g/mol. The number of rotatable bonds is 8. The zero-order valence-corrected chi connectivity index (χ0v) is 21.9. The van der Waals surface area contributed by atoms with Crippen molar-refractivity contribution < 1.29 is 14.1 Å². The minimum absolute atomic E-state index is 0.00352. The maximum absolute atomic E-state index is 13.4. The van der Waals surface area contributed by atoms with Gasteiger partial charge in [-0.25, -0.2) is 13.9 Å². The van der Waals surface area contributed by atoms with E-state index in [9.17, 15) is 4.79 Å². The highest BCUT2D eigenvalue weighted by molar-refractivity contribution is 5.78. The minimum atomic E-state index is -0.160. The second kappa shape index (κ2) is 10.7. The number of carbonyl (C=O) groups excluding carboxylic acids is 1. The van der Waals surface area contributed by atoms with Crippen molar-refractivity contribution in [3.05, 3.63) is 61.2 Å². The van der Waals surface area contributed by atoms with Crippen molar-refractivity contribution in [3.63, 3.8) is 0 Å². The number of esters is 1. The fraction of sp³-hybridized carbons (Fsp3) is 0.467. The van der Waals surface area contributed by atoms with Gasteiger partial charge in [-0.15, -0.1) is 0 Å². The molecule has 4 rings (SSSR count). The first-order valence-corrected chi connectivity index (χ1v) is 12.9. The van der Waals surface area contributed by atoms with E-state index in [4.69, 9.17) is 4.74 Å². The maximum Gasteiger partial charge on any atom is 0.348 e. The van der Waals surface area contributed by atoms with Gasteiger partial charge in [-0.2, -0.15) is 0 Å². The molecule has 0 unspecified atom stereocenters. The molecule has 1 aromatic heterocycles. The van der Waals surface area contributed by atoms with Crippen molar-refractivity contribution >= 4 is 22.7 Å². The third kappa shape index (κ3) is 5.29. The first-order chi connectivity index (χ1) is 16.8. The molecule has 2 aromatic carbocycles. The number of aromatic nitrogens is 2. The number of hydrogen-bond donors (Lipinski definition) is 0. The Morgan fingerprint density at radius 2 is 1.89 bits per heavy atom. The lowest BCUT2D eigenvalue weighted by atomic mass is 9.75. The van der Waals surface area contributed by atoms with Crippen LogP contribution in [0.25, 0.3) is 22.4 Å². The largest absolute Gasteiger partial charge is 0.459 e. The van der Waals surface area contributed by atoms with Gasteiger partial charge in [0.05, 0.1) is 5.56 Å². The number of fused-ring (bicyclic) bond motifs is 1. The standard InChI is InChI=1S/C30H40N3O2/c1-7-18-32-26-10-8-9-11-27(26)33(30(32)23-13-15-24(16-14-23)31(5)6)20-29(34)35-28-19-22(4)12-17-25(28)21(2)3/h7-11,13-16,21-22,25,28H,1,12,17-20H2,2-6H3/q+1/t22-,25+,28-/m1/s1. The Bertz CT molecular complexity index is 1180. The SMILES string of the molecule is C=CCn1c(-c2ccc(N(C)C)cc2)[n+](CC(=O)O[C@@H]2C[C@H](C)CC[C@H]2C(C)C)c2ccccc21. The van der Waals surface area contributed by atoms with Gasteiger partial charge in [-0.1, -0.05) is 52.0 Å². The molecule has 0 bridgehead atoms. The van der Waals surface area contributed by atoms with Crippen LogP contribution in [0.3, 0.4) is 0 Å². The number of imidazole rings is 1. The first-order valence-electron chi connectivity index (χ1n) is 12.9. The molecule has 1 aliphatic rings. The molecule has 35 heavy (non-hydrogen) atoms. The third-order valence-corrected chi connectivity index (χ3v) is 7.46. The van der Waals surface area contributed by atoms with Gasteiger partial charge in [0.2, 0.25) is 0 Å². The summed E-state index contributed by atoms with van der Waals surface area (Å²) in [4.78, 5) is 15.5. The molecule has 0 radical (unpaired) electrons. The van der Waals surface area contributed by atoms with Crippen LogP contribution in [-0.4, -0.2) is 30.7 Å². The van der Waals surface area contributed by atoms with E-state index < -0.39 is 0 Å². The van der Waals surface area contributed by atoms with Gasteiger partial charge >= 0.3 is 5.97 Å². The number of ether oxygens (including phenoxy) is 1. The molecule has 3 atom stereocenters. The lowest BCUT2D eigenvalue weighted by molar-refractivity contribution is -0.649. The minimum Gasteiger partial charge on any atom is -0.459 e. The highest BCUT2D eigenvalue weighted by Gasteiger charge is 2.35. The highest BCUT2D eigenvalue weighted by Crippen LogP contribution is 2.35. The molecule has 3 aromatic rings. The predicted octanol–water partition coefficient (Wildman–Crippen LogP) is 5.85. The smallest absolute Gasteiger partial charge is 0.348 e. The molecule has 186 valence electrons. The van der Waals surface area contributed by atoms with Crippen LogP contribution in [0.5, 0.6) is 0 Å². The summed E-state index contributed by atoms with van der Waals surface area (Å²) in [6, 6.07) is 16.7. The molecule has 1 heterocycles. The molecule has 0 saturated heterocycles. The lowest BCUT2D eigenvalue weighted by Crippen LogP contribution is -2.43. The van der Waals surface area contributed by atoms with Gasteiger partial charge < -0.3 is 9.64 Å². The van der Waals surface area contributed by atoms with E-state index in [2.05, 4.69) is 77.8 Å². The van der Waals surface area contributed by atoms with Crippen LogP contribution in [0.2, 0.25) is 0 Å². The number of para-hydroxylation sites is 2. The summed E-state index contributed by atoms with van der Waals surface area (Å²) in [5.41, 5.74) is 4.30. The average molecular weight is 475 g/mol. The lowest BCUT2D eigenvalue weighted by Gasteiger charge is -2.36. The molecule has 1 saturated carbocycles. The van der Waals surface area contributed by atoms with Gasteiger partial charge in [0.25, 0.3) is 5.82 Å². The van der Waals surface area contributed by atoms with E-state index in [-0.39, 0.29) is 18.6 Å². The number of allylic oxidation sites excluding steroid dienone is 1. The predicted molar refractivity (Wildman–Crippen MR) is 143 cm³/mol. The Labute approximate surface area is 210 Å². The first kappa shape index (κ1) is 25.0. The molecule has 0 spiro atoms. The Hall–Kier alpha value is -3.08. The molecule has 1 aliphatic carbocycles. The van der Waals surface area contributed by atoms with Gasteiger partial charge in [-0.3, -0.25) is 0 Å². The van der Waals surface area contributed by atoms with Crippen LogP contribution >= 0.6 is 0 Å². The van der Waals surface area contributed by atoms with E-state index in [1.54, 1.807) is 0 Å². The molecular formula is C30H40N3O2+. The van der Waals surface area contributed by atoms with Gasteiger partial charge in [-0.05, 0) is 67.0 Å². The molecule has 1 fully saturated rings. The van der Waals surface area contributed by atoms with Gasteiger partial charge in [0.15, 0.2) is 17.6 Å².